The van der Waals surface area contributed by atoms with Crippen LogP contribution in [-0.4, -0.2) is 44.7 Å². The third-order valence-electron chi connectivity index (χ3n) is 3.25. The summed E-state index contributed by atoms with van der Waals surface area (Å²) >= 11 is 0. The monoisotopic (exact) mass is 300 g/mol. The highest BCUT2D eigenvalue weighted by atomic mass is 16.5. The van der Waals surface area contributed by atoms with Gasteiger partial charge >= 0.3 is 0 Å². The molecule has 0 bridgehead atoms. The van der Waals surface area contributed by atoms with Gasteiger partial charge < -0.3 is 20.7 Å². The van der Waals surface area contributed by atoms with Gasteiger partial charge in [0.05, 0.1) is 17.8 Å². The van der Waals surface area contributed by atoms with Crippen LogP contribution < -0.4 is 10.5 Å². The van der Waals surface area contributed by atoms with Gasteiger partial charge in [-0.05, 0) is 18.2 Å². The highest BCUT2D eigenvalue weighted by Gasteiger charge is 2.10. The lowest BCUT2D eigenvalue weighted by atomic mass is 10.1. The number of aromatic amines is 1. The Balaban J connectivity index is 1.99. The van der Waals surface area contributed by atoms with Gasteiger partial charge in [0, 0.05) is 23.2 Å². The molecule has 1 unspecified atom stereocenters. The van der Waals surface area contributed by atoms with E-state index in [-0.39, 0.29) is 13.2 Å². The number of aliphatic hydroxyl groups is 2. The van der Waals surface area contributed by atoms with E-state index in [0.29, 0.717) is 17.1 Å². The van der Waals surface area contributed by atoms with Gasteiger partial charge in [-0.25, -0.2) is 4.98 Å². The molecule has 0 aliphatic rings. The van der Waals surface area contributed by atoms with Gasteiger partial charge in [-0.2, -0.15) is 5.10 Å². The Hall–Kier alpha value is -2.64. The maximum Gasteiger partial charge on any atom is 0.132 e. The maximum atomic E-state index is 9.40. The average molecular weight is 300 g/mol. The van der Waals surface area contributed by atoms with Crippen LogP contribution >= 0.6 is 0 Å². The number of nitrogens with one attached hydrogen (secondary N) is 1. The van der Waals surface area contributed by atoms with Crippen LogP contribution in [0.25, 0.3) is 22.2 Å². The minimum Gasteiger partial charge on any atom is -0.490 e. The van der Waals surface area contributed by atoms with Gasteiger partial charge in [-0.3, -0.25) is 5.10 Å². The summed E-state index contributed by atoms with van der Waals surface area (Å²) < 4.78 is 5.53. The Kier molecular flexibility index (Phi) is 3.90. The molecule has 3 rings (SSSR count). The molecule has 0 fully saturated rings. The van der Waals surface area contributed by atoms with Crippen molar-refractivity contribution in [2.45, 2.75) is 6.10 Å². The first-order chi connectivity index (χ1) is 10.7. The molecule has 0 saturated heterocycles. The number of fused-ring (bicyclic) bond motifs is 1. The number of aliphatic hydroxyl groups excluding tert-OH is 2. The second-order valence-electron chi connectivity index (χ2n) is 4.89. The van der Waals surface area contributed by atoms with Crippen LogP contribution in [0.1, 0.15) is 0 Å². The Morgan fingerprint density at radius 2 is 2.14 bits per heavy atom. The quantitative estimate of drug-likeness (QED) is 0.557. The van der Waals surface area contributed by atoms with Crippen LogP contribution in [-0.2, 0) is 0 Å². The fourth-order valence-electron chi connectivity index (χ4n) is 2.16. The number of nitrogens with two attached hydrogens (primary N) is 1. The van der Waals surface area contributed by atoms with Gasteiger partial charge in [0.1, 0.15) is 24.3 Å². The molecule has 0 amide bonds. The first kappa shape index (κ1) is 14.3. The minimum absolute atomic E-state index is 0.0165. The molecular formula is C15H16N4O3. The summed E-state index contributed by atoms with van der Waals surface area (Å²) in [6.45, 7) is -0.375. The van der Waals surface area contributed by atoms with E-state index in [9.17, 15) is 5.11 Å². The number of rotatable bonds is 5. The molecule has 0 saturated carbocycles. The van der Waals surface area contributed by atoms with Crippen LogP contribution in [0.4, 0.5) is 5.82 Å². The molecule has 0 radical (unpaired) electrons. The van der Waals surface area contributed by atoms with Gasteiger partial charge in [-0.1, -0.05) is 6.07 Å². The summed E-state index contributed by atoms with van der Waals surface area (Å²) in [5.74, 6) is 0.842. The van der Waals surface area contributed by atoms with Gasteiger partial charge in [0.25, 0.3) is 0 Å². The lowest BCUT2D eigenvalue weighted by Gasteiger charge is -2.13. The lowest BCUT2D eigenvalue weighted by molar-refractivity contribution is 0.0541. The first-order valence-corrected chi connectivity index (χ1v) is 6.79. The largest absolute Gasteiger partial charge is 0.490 e. The van der Waals surface area contributed by atoms with Crippen molar-refractivity contribution in [3.05, 3.63) is 36.5 Å². The lowest BCUT2D eigenvalue weighted by Crippen LogP contribution is -2.21. The summed E-state index contributed by atoms with van der Waals surface area (Å²) in [5.41, 5.74) is 8.30. The number of hydrogen-bond donors (Lipinski definition) is 4. The highest BCUT2D eigenvalue weighted by Crippen LogP contribution is 2.30. The smallest absolute Gasteiger partial charge is 0.132 e. The molecule has 1 aromatic carbocycles. The van der Waals surface area contributed by atoms with Crippen LogP contribution in [0, 0.1) is 0 Å². The molecule has 3 aromatic rings. The van der Waals surface area contributed by atoms with Gasteiger partial charge in [-0.15, -0.1) is 0 Å². The third kappa shape index (κ3) is 2.85. The van der Waals surface area contributed by atoms with Crippen molar-refractivity contribution in [2.24, 2.45) is 0 Å². The van der Waals surface area contributed by atoms with E-state index in [1.807, 2.05) is 24.3 Å². The molecule has 0 spiro atoms. The van der Waals surface area contributed by atoms with Gasteiger partial charge in [0.15, 0.2) is 0 Å². The van der Waals surface area contributed by atoms with E-state index in [2.05, 4.69) is 15.2 Å². The maximum absolute atomic E-state index is 9.40. The summed E-state index contributed by atoms with van der Waals surface area (Å²) in [4.78, 5) is 4.31. The average Bonchev–Trinajstić information content (AvgIpc) is 3.05. The van der Waals surface area contributed by atoms with Crippen molar-refractivity contribution in [2.75, 3.05) is 18.9 Å². The number of hydrogen-bond acceptors (Lipinski definition) is 6. The van der Waals surface area contributed by atoms with Crippen LogP contribution in [0.5, 0.6) is 5.75 Å². The number of benzene rings is 1. The molecule has 2 aromatic heterocycles. The van der Waals surface area contributed by atoms with E-state index >= 15 is 0 Å². The fourth-order valence-corrected chi connectivity index (χ4v) is 2.16. The van der Waals surface area contributed by atoms with Crippen LogP contribution in [0.15, 0.2) is 36.5 Å². The summed E-state index contributed by atoms with van der Waals surface area (Å²) in [7, 11) is 0. The van der Waals surface area contributed by atoms with Crippen molar-refractivity contribution in [3.63, 3.8) is 0 Å². The van der Waals surface area contributed by atoms with E-state index in [1.54, 1.807) is 12.3 Å². The molecule has 5 N–H and O–H groups in total. The van der Waals surface area contributed by atoms with Crippen LogP contribution in [0.3, 0.4) is 0 Å². The number of nitrogen functional groups attached to an aromatic ring is 1. The zero-order chi connectivity index (χ0) is 15.5. The van der Waals surface area contributed by atoms with Crippen molar-refractivity contribution in [1.82, 2.24) is 15.2 Å². The van der Waals surface area contributed by atoms with Crippen molar-refractivity contribution in [1.29, 1.82) is 0 Å². The normalized spacial score (nSPS) is 12.5. The summed E-state index contributed by atoms with van der Waals surface area (Å²) in [6.07, 6.45) is 0.741. The Bertz CT molecular complexity index is 774. The molecule has 0 aliphatic heterocycles. The molecule has 2 heterocycles. The Morgan fingerprint density at radius 3 is 2.86 bits per heavy atom. The van der Waals surface area contributed by atoms with Crippen molar-refractivity contribution in [3.8, 4) is 17.0 Å². The van der Waals surface area contributed by atoms with E-state index in [4.69, 9.17) is 15.6 Å². The second-order valence-corrected chi connectivity index (χ2v) is 4.89. The first-order valence-electron chi connectivity index (χ1n) is 6.79. The second kappa shape index (κ2) is 6.00. The number of nitrogens with zero attached hydrogens (tertiary/aromatic N) is 2. The minimum atomic E-state index is -0.936. The molecule has 7 heteroatoms. The fraction of sp³-hybridized carbons (Fsp3) is 0.200. The van der Waals surface area contributed by atoms with Gasteiger partial charge in [0.2, 0.25) is 0 Å². The summed E-state index contributed by atoms with van der Waals surface area (Å²) in [5, 5.41) is 25.8. The zero-order valence-corrected chi connectivity index (χ0v) is 11.7. The Labute approximate surface area is 126 Å². The zero-order valence-electron chi connectivity index (χ0n) is 11.7. The molecule has 22 heavy (non-hydrogen) atoms. The van der Waals surface area contributed by atoms with E-state index in [1.165, 1.54) is 0 Å². The molecule has 7 nitrogen and oxygen atoms in total. The number of pyridine rings is 1. The number of H-pyrrole nitrogens is 1. The number of anilines is 1. The third-order valence-corrected chi connectivity index (χ3v) is 3.25. The Morgan fingerprint density at radius 1 is 1.27 bits per heavy atom. The predicted octanol–water partition coefficient (Wildman–Crippen LogP) is 0.939. The van der Waals surface area contributed by atoms with Crippen LogP contribution in [0.2, 0.25) is 0 Å². The standard InChI is InChI=1S/C15H16N4O3/c16-15-6-14(22-8-10(21)7-20)11-2-1-9(5-13(11)18-15)12-3-4-17-19-12/h1-6,10,20-21H,7-8H2,(H2,16,18)(H,17,19). The van der Waals surface area contributed by atoms with Crippen molar-refractivity contribution >= 4 is 16.7 Å². The molecule has 0 aliphatic carbocycles. The van der Waals surface area contributed by atoms with E-state index in [0.717, 1.165) is 16.6 Å². The molecule has 1 atom stereocenters. The van der Waals surface area contributed by atoms with Crippen molar-refractivity contribution < 1.29 is 14.9 Å². The predicted molar refractivity (Wildman–Crippen MR) is 82.3 cm³/mol. The highest BCUT2D eigenvalue weighted by molar-refractivity contribution is 5.89. The summed E-state index contributed by atoms with van der Waals surface area (Å²) in [6, 6.07) is 9.14. The number of aromatic nitrogens is 3. The van der Waals surface area contributed by atoms with E-state index < -0.39 is 6.10 Å². The topological polar surface area (TPSA) is 117 Å². The number of ether oxygens (including phenoxy) is 1. The SMILES string of the molecule is Nc1cc(OCC(O)CO)c2ccc(-c3ccn[nH]3)cc2n1. The molecular weight excluding hydrogens is 284 g/mol. The molecule has 114 valence electrons.